The maximum absolute atomic E-state index is 5.73. The van der Waals surface area contributed by atoms with Crippen LogP contribution in [0.25, 0.3) is 10.8 Å². The number of rotatable bonds is 5. The summed E-state index contributed by atoms with van der Waals surface area (Å²) in [5.41, 5.74) is 7.60. The predicted octanol–water partition coefficient (Wildman–Crippen LogP) is 2.38. The third kappa shape index (κ3) is 3.96. The van der Waals surface area contributed by atoms with Crippen LogP contribution in [0.1, 0.15) is 12.6 Å². The maximum atomic E-state index is 5.73. The van der Waals surface area contributed by atoms with Crippen LogP contribution < -0.4 is 11.1 Å². The summed E-state index contributed by atoms with van der Waals surface area (Å²) in [6, 6.07) is 3.72. The second-order valence-electron chi connectivity index (χ2n) is 4.13. The van der Waals surface area contributed by atoms with Crippen molar-refractivity contribution in [3.8, 4) is 10.8 Å². The first kappa shape index (κ1) is 13.4. The molecule has 100 valence electrons. The Kier molecular flexibility index (Phi) is 4.35. The standard InChI is InChI=1S/C13H16N4OS/c1-9(2)6-15-13(14)16-7-10-8-19-12(17-10)11-4-3-5-18-11/h3-5,8H,1,6-7H2,2H3,(H3,14,15,16). The Morgan fingerprint density at radius 1 is 1.63 bits per heavy atom. The fraction of sp³-hybridized carbons (Fsp3) is 0.231. The molecule has 2 heterocycles. The first-order chi connectivity index (χ1) is 9.15. The average molecular weight is 276 g/mol. The molecular formula is C13H16N4OS. The summed E-state index contributed by atoms with van der Waals surface area (Å²) in [6.07, 6.45) is 1.63. The SMILES string of the molecule is C=C(C)CNC(N)=NCc1csc(-c2ccco2)n1. The van der Waals surface area contributed by atoms with Gasteiger partial charge in [-0.05, 0) is 19.1 Å². The van der Waals surface area contributed by atoms with Gasteiger partial charge in [0.05, 0.1) is 18.5 Å². The Hall–Kier alpha value is -2.08. The minimum Gasteiger partial charge on any atom is -0.462 e. The van der Waals surface area contributed by atoms with Crippen molar-refractivity contribution in [3.63, 3.8) is 0 Å². The molecule has 2 rings (SSSR count). The van der Waals surface area contributed by atoms with E-state index in [-0.39, 0.29) is 0 Å². The fourth-order valence-electron chi connectivity index (χ4n) is 1.36. The number of nitrogens with zero attached hydrogens (tertiary/aromatic N) is 2. The molecule has 0 saturated heterocycles. The number of nitrogens with two attached hydrogens (primary N) is 1. The zero-order valence-electron chi connectivity index (χ0n) is 10.7. The maximum Gasteiger partial charge on any atom is 0.189 e. The quantitative estimate of drug-likeness (QED) is 0.499. The lowest BCUT2D eigenvalue weighted by atomic mass is 10.3. The fourth-order valence-corrected chi connectivity index (χ4v) is 2.13. The predicted molar refractivity (Wildman–Crippen MR) is 78.0 cm³/mol. The minimum atomic E-state index is 0.399. The number of hydrogen-bond donors (Lipinski definition) is 2. The van der Waals surface area contributed by atoms with Gasteiger partial charge in [0.2, 0.25) is 0 Å². The molecule has 0 unspecified atom stereocenters. The highest BCUT2D eigenvalue weighted by molar-refractivity contribution is 7.13. The highest BCUT2D eigenvalue weighted by Crippen LogP contribution is 2.24. The van der Waals surface area contributed by atoms with E-state index in [1.165, 1.54) is 11.3 Å². The molecule has 0 fully saturated rings. The van der Waals surface area contributed by atoms with Gasteiger partial charge in [-0.25, -0.2) is 9.98 Å². The summed E-state index contributed by atoms with van der Waals surface area (Å²) < 4.78 is 5.29. The van der Waals surface area contributed by atoms with Gasteiger partial charge in [0.1, 0.15) is 0 Å². The van der Waals surface area contributed by atoms with E-state index >= 15 is 0 Å². The van der Waals surface area contributed by atoms with Gasteiger partial charge < -0.3 is 15.5 Å². The first-order valence-electron chi connectivity index (χ1n) is 5.81. The van der Waals surface area contributed by atoms with E-state index in [4.69, 9.17) is 10.2 Å². The molecule has 0 amide bonds. The van der Waals surface area contributed by atoms with Gasteiger partial charge in [-0.3, -0.25) is 0 Å². The molecule has 5 nitrogen and oxygen atoms in total. The van der Waals surface area contributed by atoms with Crippen LogP contribution >= 0.6 is 11.3 Å². The van der Waals surface area contributed by atoms with Gasteiger partial charge >= 0.3 is 0 Å². The number of aliphatic imine (C=N–C) groups is 1. The lowest BCUT2D eigenvalue weighted by Gasteiger charge is -2.03. The van der Waals surface area contributed by atoms with Crippen molar-refractivity contribution < 1.29 is 4.42 Å². The molecule has 0 aromatic carbocycles. The molecule has 6 heteroatoms. The number of aromatic nitrogens is 1. The summed E-state index contributed by atoms with van der Waals surface area (Å²) in [4.78, 5) is 8.65. The molecule has 2 aromatic rings. The van der Waals surface area contributed by atoms with Gasteiger partial charge in [0.25, 0.3) is 0 Å². The summed E-state index contributed by atoms with van der Waals surface area (Å²) in [5, 5.41) is 5.77. The molecule has 19 heavy (non-hydrogen) atoms. The third-order valence-corrected chi connectivity index (χ3v) is 3.17. The highest BCUT2D eigenvalue weighted by atomic mass is 32.1. The van der Waals surface area contributed by atoms with E-state index in [2.05, 4.69) is 21.9 Å². The molecule has 0 bridgehead atoms. The number of furan rings is 1. The Morgan fingerprint density at radius 3 is 3.16 bits per heavy atom. The number of thiazole rings is 1. The van der Waals surface area contributed by atoms with Crippen molar-refractivity contribution >= 4 is 17.3 Å². The number of hydrogen-bond acceptors (Lipinski definition) is 4. The Morgan fingerprint density at radius 2 is 2.47 bits per heavy atom. The van der Waals surface area contributed by atoms with Gasteiger partial charge in [-0.15, -0.1) is 11.3 Å². The van der Waals surface area contributed by atoms with E-state index in [1.807, 2.05) is 24.4 Å². The zero-order chi connectivity index (χ0) is 13.7. The van der Waals surface area contributed by atoms with Crippen LogP contribution in [0.15, 0.2) is 45.3 Å². The Balaban J connectivity index is 1.93. The van der Waals surface area contributed by atoms with Crippen LogP contribution in [0.5, 0.6) is 0 Å². The zero-order valence-corrected chi connectivity index (χ0v) is 11.5. The summed E-state index contributed by atoms with van der Waals surface area (Å²) in [5.74, 6) is 1.17. The van der Waals surface area contributed by atoms with Crippen molar-refractivity contribution in [2.75, 3.05) is 6.54 Å². The lowest BCUT2D eigenvalue weighted by Crippen LogP contribution is -2.32. The number of nitrogens with one attached hydrogen (secondary N) is 1. The second kappa shape index (κ2) is 6.19. The average Bonchev–Trinajstić information content (AvgIpc) is 3.03. The van der Waals surface area contributed by atoms with Crippen LogP contribution in [0.3, 0.4) is 0 Å². The lowest BCUT2D eigenvalue weighted by molar-refractivity contribution is 0.581. The second-order valence-corrected chi connectivity index (χ2v) is 4.99. The summed E-state index contributed by atoms with van der Waals surface area (Å²) >= 11 is 1.53. The summed E-state index contributed by atoms with van der Waals surface area (Å²) in [6.45, 7) is 6.79. The normalized spacial score (nSPS) is 11.5. The smallest absolute Gasteiger partial charge is 0.189 e. The molecule has 2 aromatic heterocycles. The molecule has 0 saturated carbocycles. The molecule has 0 aliphatic rings. The molecule has 3 N–H and O–H groups in total. The van der Waals surface area contributed by atoms with Crippen molar-refractivity contribution in [3.05, 3.63) is 41.6 Å². The largest absolute Gasteiger partial charge is 0.462 e. The van der Waals surface area contributed by atoms with Gasteiger partial charge in [-0.1, -0.05) is 12.2 Å². The summed E-state index contributed by atoms with van der Waals surface area (Å²) in [7, 11) is 0. The van der Waals surface area contributed by atoms with Crippen LogP contribution in [-0.4, -0.2) is 17.5 Å². The topological polar surface area (TPSA) is 76.4 Å². The van der Waals surface area contributed by atoms with Crippen LogP contribution in [0.2, 0.25) is 0 Å². The third-order valence-electron chi connectivity index (χ3n) is 2.27. The molecule has 0 aliphatic carbocycles. The van der Waals surface area contributed by atoms with Gasteiger partial charge in [0, 0.05) is 11.9 Å². The molecule has 0 atom stereocenters. The van der Waals surface area contributed by atoms with Crippen LogP contribution in [0.4, 0.5) is 0 Å². The van der Waals surface area contributed by atoms with Crippen LogP contribution in [0, 0.1) is 0 Å². The van der Waals surface area contributed by atoms with Crippen LogP contribution in [-0.2, 0) is 6.54 Å². The van der Waals surface area contributed by atoms with Gasteiger partial charge in [-0.2, -0.15) is 0 Å². The van der Waals surface area contributed by atoms with Crippen molar-refractivity contribution in [1.82, 2.24) is 10.3 Å². The molecule has 0 aliphatic heterocycles. The minimum absolute atomic E-state index is 0.399. The van der Waals surface area contributed by atoms with E-state index in [0.29, 0.717) is 19.0 Å². The van der Waals surface area contributed by atoms with Gasteiger partial charge in [0.15, 0.2) is 16.7 Å². The van der Waals surface area contributed by atoms with Crippen molar-refractivity contribution in [1.29, 1.82) is 0 Å². The molecular weight excluding hydrogens is 260 g/mol. The van der Waals surface area contributed by atoms with E-state index in [9.17, 15) is 0 Å². The van der Waals surface area contributed by atoms with E-state index in [1.54, 1.807) is 6.26 Å². The monoisotopic (exact) mass is 276 g/mol. The first-order valence-corrected chi connectivity index (χ1v) is 6.69. The van der Waals surface area contributed by atoms with Crippen molar-refractivity contribution in [2.45, 2.75) is 13.5 Å². The van der Waals surface area contributed by atoms with E-state index < -0.39 is 0 Å². The molecule has 0 radical (unpaired) electrons. The Bertz CT molecular complexity index is 571. The number of guanidine groups is 1. The van der Waals surface area contributed by atoms with E-state index in [0.717, 1.165) is 22.0 Å². The Labute approximate surface area is 115 Å². The van der Waals surface area contributed by atoms with Crippen molar-refractivity contribution in [2.24, 2.45) is 10.7 Å². The highest BCUT2D eigenvalue weighted by Gasteiger charge is 2.06. The molecule has 0 spiro atoms.